The zero-order valence-electron chi connectivity index (χ0n) is 11.3. The van der Waals surface area contributed by atoms with Crippen LogP contribution in [-0.4, -0.2) is 37.2 Å². The first-order valence-corrected chi connectivity index (χ1v) is 6.86. The minimum absolute atomic E-state index is 0.146. The second-order valence-corrected chi connectivity index (χ2v) is 5.22. The fourth-order valence-electron chi connectivity index (χ4n) is 2.78. The van der Waals surface area contributed by atoms with Crippen LogP contribution in [0.4, 0.5) is 0 Å². The van der Waals surface area contributed by atoms with Crippen LogP contribution in [0.1, 0.15) is 25.7 Å². The summed E-state index contributed by atoms with van der Waals surface area (Å²) >= 11 is 0. The molecule has 0 spiro atoms. The zero-order valence-corrected chi connectivity index (χ0v) is 11.3. The first-order chi connectivity index (χ1) is 8.77. The van der Waals surface area contributed by atoms with E-state index in [0.717, 1.165) is 31.9 Å². The number of benzene rings is 1. The fraction of sp³-hybridized carbons (Fsp3) is 0.600. The van der Waals surface area contributed by atoms with Crippen LogP contribution in [0.5, 0.6) is 5.75 Å². The van der Waals surface area contributed by atoms with Gasteiger partial charge in [-0.3, -0.25) is 4.90 Å². The van der Waals surface area contributed by atoms with Gasteiger partial charge in [0, 0.05) is 18.5 Å². The highest BCUT2D eigenvalue weighted by Gasteiger charge is 2.34. The number of ether oxygens (including phenoxy) is 1. The topological polar surface area (TPSA) is 38.5 Å². The van der Waals surface area contributed by atoms with Gasteiger partial charge in [0.05, 0.1) is 6.61 Å². The summed E-state index contributed by atoms with van der Waals surface area (Å²) in [6.45, 7) is 2.62. The third-order valence-electron chi connectivity index (χ3n) is 4.15. The lowest BCUT2D eigenvalue weighted by Gasteiger charge is -2.44. The van der Waals surface area contributed by atoms with E-state index >= 15 is 0 Å². The molecule has 2 N–H and O–H groups in total. The molecule has 1 aliphatic rings. The molecule has 1 fully saturated rings. The summed E-state index contributed by atoms with van der Waals surface area (Å²) in [4.78, 5) is 2.42. The number of para-hydroxylation sites is 1. The molecule has 0 radical (unpaired) electrons. The van der Waals surface area contributed by atoms with Gasteiger partial charge in [0.1, 0.15) is 5.75 Å². The van der Waals surface area contributed by atoms with Crippen molar-refractivity contribution in [2.45, 2.75) is 31.2 Å². The van der Waals surface area contributed by atoms with Crippen molar-refractivity contribution >= 4 is 0 Å². The van der Waals surface area contributed by atoms with Crippen molar-refractivity contribution in [1.29, 1.82) is 0 Å². The largest absolute Gasteiger partial charge is 0.494 e. The highest BCUT2D eigenvalue weighted by molar-refractivity contribution is 5.20. The van der Waals surface area contributed by atoms with Crippen molar-refractivity contribution in [2.24, 2.45) is 5.73 Å². The number of nitrogens with two attached hydrogens (primary N) is 1. The summed E-state index contributed by atoms with van der Waals surface area (Å²) in [5.74, 6) is 0.947. The lowest BCUT2D eigenvalue weighted by Crippen LogP contribution is -2.55. The molecule has 1 unspecified atom stereocenters. The molecule has 0 aromatic heterocycles. The number of hydrogen-bond donors (Lipinski definition) is 1. The van der Waals surface area contributed by atoms with E-state index < -0.39 is 0 Å². The Bertz CT molecular complexity index is 355. The highest BCUT2D eigenvalue weighted by Crippen LogP contribution is 2.29. The Morgan fingerprint density at radius 3 is 2.72 bits per heavy atom. The summed E-state index contributed by atoms with van der Waals surface area (Å²) < 4.78 is 5.80. The van der Waals surface area contributed by atoms with Crippen molar-refractivity contribution in [2.75, 3.05) is 26.7 Å². The van der Waals surface area contributed by atoms with Crippen LogP contribution in [0.15, 0.2) is 30.3 Å². The standard InChI is InChI=1S/C15H24N2O/c1-17-11-6-5-9-15(17,13-16)10-12-18-14-7-3-2-4-8-14/h2-4,7-8H,5-6,9-13,16H2,1H3. The smallest absolute Gasteiger partial charge is 0.119 e. The molecule has 0 saturated carbocycles. The summed E-state index contributed by atoms with van der Waals surface area (Å²) in [5.41, 5.74) is 6.16. The zero-order chi connectivity index (χ0) is 12.8. The molecule has 100 valence electrons. The second-order valence-electron chi connectivity index (χ2n) is 5.22. The van der Waals surface area contributed by atoms with Crippen LogP contribution in [0.3, 0.4) is 0 Å². The quantitative estimate of drug-likeness (QED) is 0.868. The Morgan fingerprint density at radius 2 is 2.06 bits per heavy atom. The maximum absolute atomic E-state index is 6.01. The van der Waals surface area contributed by atoms with Gasteiger partial charge in [0.2, 0.25) is 0 Å². The van der Waals surface area contributed by atoms with E-state index in [4.69, 9.17) is 10.5 Å². The van der Waals surface area contributed by atoms with Crippen molar-refractivity contribution in [3.63, 3.8) is 0 Å². The van der Waals surface area contributed by atoms with Crippen LogP contribution in [0.25, 0.3) is 0 Å². The van der Waals surface area contributed by atoms with Gasteiger partial charge in [-0.2, -0.15) is 0 Å². The minimum Gasteiger partial charge on any atom is -0.494 e. The molecule has 1 aliphatic heterocycles. The Balaban J connectivity index is 1.87. The molecule has 0 bridgehead atoms. The van der Waals surface area contributed by atoms with Gasteiger partial charge >= 0.3 is 0 Å². The summed E-state index contributed by atoms with van der Waals surface area (Å²) in [5, 5.41) is 0. The molecule has 3 nitrogen and oxygen atoms in total. The maximum Gasteiger partial charge on any atom is 0.119 e. The molecule has 3 heteroatoms. The molecule has 1 saturated heterocycles. The van der Waals surface area contributed by atoms with Crippen LogP contribution < -0.4 is 10.5 Å². The third-order valence-corrected chi connectivity index (χ3v) is 4.15. The Kier molecular flexibility index (Phi) is 4.61. The first-order valence-electron chi connectivity index (χ1n) is 6.86. The summed E-state index contributed by atoms with van der Waals surface area (Å²) in [6, 6.07) is 10.0. The number of nitrogens with zero attached hydrogens (tertiary/aromatic N) is 1. The predicted octanol–water partition coefficient (Wildman–Crippen LogP) is 2.27. The monoisotopic (exact) mass is 248 g/mol. The third kappa shape index (κ3) is 3.03. The lowest BCUT2D eigenvalue weighted by molar-refractivity contribution is 0.0579. The van der Waals surface area contributed by atoms with Gasteiger partial charge in [-0.15, -0.1) is 0 Å². The minimum atomic E-state index is 0.146. The number of likely N-dealkylation sites (N-methyl/N-ethyl adjacent to an activating group) is 1. The molecule has 18 heavy (non-hydrogen) atoms. The van der Waals surface area contributed by atoms with E-state index in [9.17, 15) is 0 Å². The van der Waals surface area contributed by atoms with Crippen molar-refractivity contribution in [3.8, 4) is 5.75 Å². The molecule has 1 aromatic rings. The van der Waals surface area contributed by atoms with Gasteiger partial charge in [-0.25, -0.2) is 0 Å². The maximum atomic E-state index is 6.01. The number of rotatable bonds is 5. The van der Waals surface area contributed by atoms with Crippen LogP contribution in [0.2, 0.25) is 0 Å². The summed E-state index contributed by atoms with van der Waals surface area (Å²) in [6.07, 6.45) is 4.78. The Hall–Kier alpha value is -1.06. The van der Waals surface area contributed by atoms with Crippen molar-refractivity contribution < 1.29 is 4.74 Å². The molecule has 0 aliphatic carbocycles. The fourth-order valence-corrected chi connectivity index (χ4v) is 2.78. The molecule has 0 amide bonds. The van der Waals surface area contributed by atoms with Gasteiger partial charge in [-0.05, 0) is 38.6 Å². The Labute approximate surface area is 110 Å². The average molecular weight is 248 g/mol. The van der Waals surface area contributed by atoms with E-state index in [-0.39, 0.29) is 5.54 Å². The van der Waals surface area contributed by atoms with Gasteiger partial charge < -0.3 is 10.5 Å². The number of piperidine rings is 1. The molecular formula is C15H24N2O. The second kappa shape index (κ2) is 6.21. The van der Waals surface area contributed by atoms with Gasteiger partial charge in [0.15, 0.2) is 0 Å². The summed E-state index contributed by atoms with van der Waals surface area (Å²) in [7, 11) is 2.19. The molecule has 1 aromatic carbocycles. The number of hydrogen-bond acceptors (Lipinski definition) is 3. The molecule has 1 atom stereocenters. The van der Waals surface area contributed by atoms with E-state index in [0.29, 0.717) is 0 Å². The molecule has 2 rings (SSSR count). The Morgan fingerprint density at radius 1 is 1.28 bits per heavy atom. The molecule has 1 heterocycles. The van der Waals surface area contributed by atoms with Crippen LogP contribution >= 0.6 is 0 Å². The lowest BCUT2D eigenvalue weighted by atomic mass is 9.84. The normalized spacial score (nSPS) is 25.0. The van der Waals surface area contributed by atoms with Crippen LogP contribution in [0, 0.1) is 0 Å². The molecular weight excluding hydrogens is 224 g/mol. The SMILES string of the molecule is CN1CCCCC1(CN)CCOc1ccccc1. The van der Waals surface area contributed by atoms with E-state index in [1.807, 2.05) is 30.3 Å². The predicted molar refractivity (Wildman–Crippen MR) is 74.8 cm³/mol. The van der Waals surface area contributed by atoms with Gasteiger partial charge in [0.25, 0.3) is 0 Å². The number of likely N-dealkylation sites (tertiary alicyclic amines) is 1. The average Bonchev–Trinajstić information content (AvgIpc) is 2.42. The first kappa shape index (κ1) is 13.4. The highest BCUT2D eigenvalue weighted by atomic mass is 16.5. The van der Waals surface area contributed by atoms with Crippen LogP contribution in [-0.2, 0) is 0 Å². The van der Waals surface area contributed by atoms with Crippen molar-refractivity contribution in [3.05, 3.63) is 30.3 Å². The van der Waals surface area contributed by atoms with Gasteiger partial charge in [-0.1, -0.05) is 24.6 Å². The van der Waals surface area contributed by atoms with Crippen molar-refractivity contribution in [1.82, 2.24) is 4.90 Å². The van der Waals surface area contributed by atoms with E-state index in [1.54, 1.807) is 0 Å². The van der Waals surface area contributed by atoms with E-state index in [2.05, 4.69) is 11.9 Å². The van der Waals surface area contributed by atoms with E-state index in [1.165, 1.54) is 19.3 Å².